The van der Waals surface area contributed by atoms with Crippen LogP contribution < -0.4 is 4.74 Å². The maximum Gasteiger partial charge on any atom is 0.311 e. The number of aromatic amines is 1. The maximum atomic E-state index is 12.3. The van der Waals surface area contributed by atoms with Crippen LogP contribution in [0.5, 0.6) is 5.75 Å². The van der Waals surface area contributed by atoms with Crippen LogP contribution in [0.15, 0.2) is 59.5 Å². The van der Waals surface area contributed by atoms with Gasteiger partial charge in [0.25, 0.3) is 0 Å². The molecule has 0 radical (unpaired) electrons. The summed E-state index contributed by atoms with van der Waals surface area (Å²) < 4.78 is 11.2. The van der Waals surface area contributed by atoms with Gasteiger partial charge in [0.05, 0.1) is 23.7 Å². The third kappa shape index (κ3) is 5.39. The Balaban J connectivity index is 1.64. The lowest BCUT2D eigenvalue weighted by atomic mass is 9.88. The Morgan fingerprint density at radius 2 is 1.79 bits per heavy atom. The van der Waals surface area contributed by atoms with E-state index in [-0.39, 0.29) is 10.7 Å². The molecule has 0 unspecified atom stereocenters. The lowest BCUT2D eigenvalue weighted by Gasteiger charge is -2.23. The van der Waals surface area contributed by atoms with Crippen LogP contribution in [0.25, 0.3) is 21.8 Å². The number of nitrogens with one attached hydrogen (secondary N) is 1. The molecule has 4 aromatic rings. The highest BCUT2D eigenvalue weighted by molar-refractivity contribution is 8.00. The molecule has 0 fully saturated rings. The van der Waals surface area contributed by atoms with Crippen LogP contribution in [0.3, 0.4) is 0 Å². The molecular formula is C28H32N2O3S. The summed E-state index contributed by atoms with van der Waals surface area (Å²) in [4.78, 5) is 21.7. The number of H-pyrrole nitrogens is 1. The molecule has 6 heteroatoms. The van der Waals surface area contributed by atoms with Gasteiger partial charge in [-0.05, 0) is 44.2 Å². The number of methoxy groups -OCH3 is 1. The Kier molecular flexibility index (Phi) is 6.63. The zero-order chi connectivity index (χ0) is 24.5. The normalized spacial score (nSPS) is 12.3. The molecule has 2 aromatic heterocycles. The van der Waals surface area contributed by atoms with Crippen LogP contribution in [0.4, 0.5) is 0 Å². The summed E-state index contributed by atoms with van der Waals surface area (Å²) in [6, 6.07) is 18.2. The van der Waals surface area contributed by atoms with Gasteiger partial charge in [0.15, 0.2) is 0 Å². The van der Waals surface area contributed by atoms with Crippen molar-refractivity contribution in [3.63, 3.8) is 0 Å². The number of rotatable bonds is 7. The van der Waals surface area contributed by atoms with Crippen LogP contribution in [-0.4, -0.2) is 27.8 Å². The number of nitrogens with zero attached hydrogens (tertiary/aromatic N) is 1. The third-order valence-electron chi connectivity index (χ3n) is 5.60. The second-order valence-corrected chi connectivity index (χ2v) is 12.0. The van der Waals surface area contributed by atoms with E-state index in [1.165, 1.54) is 7.11 Å². The lowest BCUT2D eigenvalue weighted by molar-refractivity contribution is -0.150. The van der Waals surface area contributed by atoms with Gasteiger partial charge in [-0.1, -0.05) is 45.0 Å². The van der Waals surface area contributed by atoms with E-state index in [1.807, 2.05) is 50.2 Å². The summed E-state index contributed by atoms with van der Waals surface area (Å²) in [6.45, 7) is 10.8. The fraction of sp³-hybridized carbons (Fsp3) is 0.357. The van der Waals surface area contributed by atoms with Crippen molar-refractivity contribution in [1.29, 1.82) is 0 Å². The highest BCUT2D eigenvalue weighted by atomic mass is 32.2. The maximum absolute atomic E-state index is 12.3. The second kappa shape index (κ2) is 9.34. The van der Waals surface area contributed by atoms with Crippen LogP contribution in [0, 0.1) is 5.41 Å². The molecule has 2 aromatic carbocycles. The predicted molar refractivity (Wildman–Crippen MR) is 139 cm³/mol. The quantitative estimate of drug-likeness (QED) is 0.231. The first kappa shape index (κ1) is 24.1. The number of carbonyl (C=O) groups excluding carboxylic acids is 1. The van der Waals surface area contributed by atoms with Gasteiger partial charge in [-0.15, -0.1) is 11.8 Å². The largest absolute Gasteiger partial charge is 0.487 e. The zero-order valence-electron chi connectivity index (χ0n) is 20.7. The van der Waals surface area contributed by atoms with E-state index < -0.39 is 5.41 Å². The van der Waals surface area contributed by atoms with Crippen molar-refractivity contribution >= 4 is 39.5 Å². The minimum absolute atomic E-state index is 0.00512. The smallest absolute Gasteiger partial charge is 0.311 e. The van der Waals surface area contributed by atoms with Gasteiger partial charge in [0, 0.05) is 38.0 Å². The third-order valence-corrected chi connectivity index (χ3v) is 6.89. The Hall–Kier alpha value is -2.99. The average Bonchev–Trinajstić information content (AvgIpc) is 3.11. The summed E-state index contributed by atoms with van der Waals surface area (Å²) in [5.41, 5.74) is 3.28. The number of hydrogen-bond donors (Lipinski definition) is 1. The molecule has 1 N–H and O–H groups in total. The number of para-hydroxylation sites is 1. The second-order valence-electron chi connectivity index (χ2n) is 10.2. The number of carbonyl (C=O) groups is 1. The Labute approximate surface area is 205 Å². The number of pyridine rings is 1. The van der Waals surface area contributed by atoms with E-state index in [0.29, 0.717) is 13.0 Å². The number of benzene rings is 2. The molecule has 0 bridgehead atoms. The zero-order valence-corrected chi connectivity index (χ0v) is 21.5. The fourth-order valence-electron chi connectivity index (χ4n) is 3.98. The molecule has 0 atom stereocenters. The molecule has 0 saturated heterocycles. The van der Waals surface area contributed by atoms with Gasteiger partial charge in [0.2, 0.25) is 0 Å². The monoisotopic (exact) mass is 476 g/mol. The molecule has 0 amide bonds. The summed E-state index contributed by atoms with van der Waals surface area (Å²) in [5, 5.41) is 2.21. The molecule has 0 aliphatic carbocycles. The highest BCUT2D eigenvalue weighted by Gasteiger charge is 2.32. The van der Waals surface area contributed by atoms with Gasteiger partial charge in [0.1, 0.15) is 12.4 Å². The first-order valence-corrected chi connectivity index (χ1v) is 12.3. The number of thioether (sulfide) groups is 1. The Morgan fingerprint density at radius 1 is 1.03 bits per heavy atom. The Bertz CT molecular complexity index is 1330. The standard InChI is InChI=1S/C28H32N2O3S/c1-27(2,3)34-25-21-15-20(33-17-19-12-11-18-9-7-8-10-22(18)29-19)13-14-23(21)30-24(25)16-28(4,5)26(31)32-6/h7-15,30H,16-17H2,1-6H3. The van der Waals surface area contributed by atoms with Gasteiger partial charge >= 0.3 is 5.97 Å². The molecule has 178 valence electrons. The van der Waals surface area contributed by atoms with E-state index >= 15 is 0 Å². The van der Waals surface area contributed by atoms with Crippen molar-refractivity contribution in [3.05, 3.63) is 66.0 Å². The molecule has 5 nitrogen and oxygen atoms in total. The van der Waals surface area contributed by atoms with Crippen molar-refractivity contribution in [2.75, 3.05) is 7.11 Å². The highest BCUT2D eigenvalue weighted by Crippen LogP contribution is 2.42. The van der Waals surface area contributed by atoms with Crippen molar-refractivity contribution < 1.29 is 14.3 Å². The SMILES string of the molecule is COC(=O)C(C)(C)Cc1[nH]c2ccc(OCc3ccc4ccccc4n3)cc2c1SC(C)(C)C. The van der Waals surface area contributed by atoms with Crippen LogP contribution in [0.2, 0.25) is 0 Å². The van der Waals surface area contributed by atoms with Crippen LogP contribution in [0.1, 0.15) is 46.0 Å². The average molecular weight is 477 g/mol. The first-order valence-electron chi connectivity index (χ1n) is 11.5. The fourth-order valence-corrected chi connectivity index (χ4v) is 5.11. The van der Waals surface area contributed by atoms with Gasteiger partial charge < -0.3 is 14.5 Å². The Morgan fingerprint density at radius 3 is 2.53 bits per heavy atom. The summed E-state index contributed by atoms with van der Waals surface area (Å²) in [5.74, 6) is 0.570. The summed E-state index contributed by atoms with van der Waals surface area (Å²) in [6.07, 6.45) is 0.559. The molecule has 34 heavy (non-hydrogen) atoms. The molecule has 4 rings (SSSR count). The minimum atomic E-state index is -0.635. The molecule has 0 spiro atoms. The number of aromatic nitrogens is 2. The van der Waals surface area contributed by atoms with Crippen molar-refractivity contribution in [3.8, 4) is 5.75 Å². The van der Waals surface area contributed by atoms with Crippen molar-refractivity contribution in [2.24, 2.45) is 5.41 Å². The van der Waals surface area contributed by atoms with Crippen LogP contribution >= 0.6 is 11.8 Å². The summed E-state index contributed by atoms with van der Waals surface area (Å²) >= 11 is 1.80. The molecule has 0 saturated carbocycles. The first-order chi connectivity index (χ1) is 16.1. The number of hydrogen-bond acceptors (Lipinski definition) is 5. The van der Waals surface area contributed by atoms with E-state index in [1.54, 1.807) is 11.8 Å². The van der Waals surface area contributed by atoms with Gasteiger partial charge in [-0.25, -0.2) is 4.98 Å². The summed E-state index contributed by atoms with van der Waals surface area (Å²) in [7, 11) is 1.44. The molecule has 0 aliphatic heterocycles. The minimum Gasteiger partial charge on any atom is -0.487 e. The van der Waals surface area contributed by atoms with E-state index in [4.69, 9.17) is 14.5 Å². The van der Waals surface area contributed by atoms with Gasteiger partial charge in [-0.3, -0.25) is 4.79 Å². The van der Waals surface area contributed by atoms with Gasteiger partial charge in [-0.2, -0.15) is 0 Å². The van der Waals surface area contributed by atoms with Crippen LogP contribution in [-0.2, 0) is 22.6 Å². The number of fused-ring (bicyclic) bond motifs is 2. The van der Waals surface area contributed by atoms with Crippen molar-refractivity contribution in [1.82, 2.24) is 9.97 Å². The van der Waals surface area contributed by atoms with E-state index in [0.717, 1.165) is 43.8 Å². The van der Waals surface area contributed by atoms with E-state index in [9.17, 15) is 4.79 Å². The van der Waals surface area contributed by atoms with E-state index in [2.05, 4.69) is 44.0 Å². The van der Waals surface area contributed by atoms with Crippen molar-refractivity contribution in [2.45, 2.75) is 57.3 Å². The lowest BCUT2D eigenvalue weighted by Crippen LogP contribution is -2.28. The topological polar surface area (TPSA) is 64.2 Å². The predicted octanol–water partition coefficient (Wildman–Crippen LogP) is 6.93. The number of esters is 1. The molecule has 2 heterocycles. The molecule has 0 aliphatic rings. The molecular weight excluding hydrogens is 444 g/mol. The number of ether oxygens (including phenoxy) is 2.